The van der Waals surface area contributed by atoms with Crippen LogP contribution in [0.25, 0.3) is 0 Å². The number of amides is 1. The summed E-state index contributed by atoms with van der Waals surface area (Å²) < 4.78 is 5.48. The molecule has 1 N–H and O–H groups in total. The topological polar surface area (TPSA) is 66.8 Å². The van der Waals surface area contributed by atoms with E-state index in [1.165, 1.54) is 4.90 Å². The zero-order valence-electron chi connectivity index (χ0n) is 9.39. The number of nitrogens with zero attached hydrogens (tertiary/aromatic N) is 1. The van der Waals surface area contributed by atoms with Crippen LogP contribution in [0.1, 0.15) is 32.6 Å². The van der Waals surface area contributed by atoms with Gasteiger partial charge in [0.25, 0.3) is 5.91 Å². The number of carbonyl (C=O) groups is 2. The van der Waals surface area contributed by atoms with Crippen LogP contribution in [-0.2, 0) is 14.3 Å². The minimum absolute atomic E-state index is 0.111. The molecule has 16 heavy (non-hydrogen) atoms. The number of rotatable bonds is 2. The number of carboxylic acid groups (broad SMARTS) is 1. The molecule has 1 amide bonds. The van der Waals surface area contributed by atoms with E-state index in [2.05, 4.69) is 0 Å². The van der Waals surface area contributed by atoms with Gasteiger partial charge in [-0.3, -0.25) is 4.79 Å². The first-order valence-electron chi connectivity index (χ1n) is 5.78. The summed E-state index contributed by atoms with van der Waals surface area (Å²) in [5.41, 5.74) is 0. The number of aliphatic carboxylic acids is 1. The summed E-state index contributed by atoms with van der Waals surface area (Å²) in [5, 5.41) is 8.99. The highest BCUT2D eigenvalue weighted by molar-refractivity contribution is 5.87. The molecule has 2 saturated heterocycles. The first kappa shape index (κ1) is 11.4. The van der Waals surface area contributed by atoms with E-state index in [1.54, 1.807) is 0 Å². The molecule has 2 fully saturated rings. The van der Waals surface area contributed by atoms with Crippen molar-refractivity contribution in [3.63, 3.8) is 0 Å². The predicted octanol–water partition coefficient (Wildman–Crippen LogP) is 0.629. The smallest absolute Gasteiger partial charge is 0.326 e. The number of ether oxygens (including phenoxy) is 1. The lowest BCUT2D eigenvalue weighted by molar-refractivity contribution is -0.153. The molecule has 90 valence electrons. The van der Waals surface area contributed by atoms with Crippen LogP contribution in [0.4, 0.5) is 0 Å². The maximum absolute atomic E-state index is 12.0. The molecule has 0 aromatic rings. The van der Waals surface area contributed by atoms with E-state index in [0.29, 0.717) is 19.4 Å². The van der Waals surface area contributed by atoms with Gasteiger partial charge < -0.3 is 14.7 Å². The molecule has 5 nitrogen and oxygen atoms in total. The second-order valence-corrected chi connectivity index (χ2v) is 4.54. The Morgan fingerprint density at radius 2 is 2.06 bits per heavy atom. The van der Waals surface area contributed by atoms with Crippen molar-refractivity contribution in [3.8, 4) is 0 Å². The van der Waals surface area contributed by atoms with Gasteiger partial charge in [0.2, 0.25) is 0 Å². The van der Waals surface area contributed by atoms with Crippen molar-refractivity contribution in [2.45, 2.75) is 50.9 Å². The Balaban J connectivity index is 2.01. The Bertz CT molecular complexity index is 304. The van der Waals surface area contributed by atoms with Crippen LogP contribution < -0.4 is 0 Å². The summed E-state index contributed by atoms with van der Waals surface area (Å²) >= 11 is 0. The van der Waals surface area contributed by atoms with Crippen LogP contribution >= 0.6 is 0 Å². The van der Waals surface area contributed by atoms with Gasteiger partial charge in [-0.15, -0.1) is 0 Å². The minimum atomic E-state index is -0.906. The average Bonchev–Trinajstić information content (AvgIpc) is 2.84. The van der Waals surface area contributed by atoms with E-state index < -0.39 is 18.1 Å². The standard InChI is InChI=1S/C11H17NO4/c1-7-4-5-9(16-7)10(13)12-6-2-3-8(12)11(14)15/h7-9H,2-6H2,1H3,(H,14,15)/t7?,8-,9?/m0/s1. The first-order chi connectivity index (χ1) is 7.59. The normalized spacial score (nSPS) is 34.3. The second-order valence-electron chi connectivity index (χ2n) is 4.54. The molecule has 3 atom stereocenters. The van der Waals surface area contributed by atoms with Gasteiger partial charge in [-0.2, -0.15) is 0 Å². The fourth-order valence-corrected chi connectivity index (χ4v) is 2.46. The molecule has 0 aromatic heterocycles. The van der Waals surface area contributed by atoms with Gasteiger partial charge in [0, 0.05) is 6.54 Å². The van der Waals surface area contributed by atoms with Crippen LogP contribution in [0.5, 0.6) is 0 Å². The van der Waals surface area contributed by atoms with Crippen LogP contribution in [0, 0.1) is 0 Å². The minimum Gasteiger partial charge on any atom is -0.480 e. The molecule has 5 heteroatoms. The van der Waals surface area contributed by atoms with Gasteiger partial charge in [0.05, 0.1) is 6.10 Å². The number of carboxylic acids is 1. The van der Waals surface area contributed by atoms with Gasteiger partial charge in [0.1, 0.15) is 12.1 Å². The molecule has 0 bridgehead atoms. The van der Waals surface area contributed by atoms with E-state index in [4.69, 9.17) is 9.84 Å². The monoisotopic (exact) mass is 227 g/mol. The molecule has 2 aliphatic heterocycles. The summed E-state index contributed by atoms with van der Waals surface area (Å²) in [5.74, 6) is -1.05. The number of hydrogen-bond acceptors (Lipinski definition) is 3. The van der Waals surface area contributed by atoms with Crippen molar-refractivity contribution >= 4 is 11.9 Å². The fraction of sp³-hybridized carbons (Fsp3) is 0.818. The van der Waals surface area contributed by atoms with Crippen LogP contribution in [0.3, 0.4) is 0 Å². The van der Waals surface area contributed by atoms with Crippen molar-refractivity contribution < 1.29 is 19.4 Å². The Morgan fingerprint density at radius 1 is 1.31 bits per heavy atom. The highest BCUT2D eigenvalue weighted by atomic mass is 16.5. The third kappa shape index (κ3) is 2.04. The molecule has 0 aliphatic carbocycles. The zero-order valence-corrected chi connectivity index (χ0v) is 9.39. The van der Waals surface area contributed by atoms with Crippen molar-refractivity contribution in [1.29, 1.82) is 0 Å². The van der Waals surface area contributed by atoms with Crippen molar-refractivity contribution in [2.24, 2.45) is 0 Å². The molecule has 2 rings (SSSR count). The lowest BCUT2D eigenvalue weighted by Gasteiger charge is -2.24. The van der Waals surface area contributed by atoms with Crippen LogP contribution in [0.2, 0.25) is 0 Å². The van der Waals surface area contributed by atoms with E-state index in [-0.39, 0.29) is 12.0 Å². The SMILES string of the molecule is CC1CCC(C(=O)N2CCC[C@H]2C(=O)O)O1. The maximum atomic E-state index is 12.0. The molecule has 2 unspecified atom stereocenters. The lowest BCUT2D eigenvalue weighted by atomic mass is 10.1. The highest BCUT2D eigenvalue weighted by Gasteiger charge is 2.39. The second kappa shape index (κ2) is 4.41. The van der Waals surface area contributed by atoms with Crippen LogP contribution in [0.15, 0.2) is 0 Å². The first-order valence-corrected chi connectivity index (χ1v) is 5.78. The van der Waals surface area contributed by atoms with Gasteiger partial charge in [-0.1, -0.05) is 0 Å². The molecule has 2 aliphatic rings. The summed E-state index contributed by atoms with van der Waals surface area (Å²) in [4.78, 5) is 24.5. The molecule has 0 saturated carbocycles. The predicted molar refractivity (Wildman–Crippen MR) is 55.9 cm³/mol. The number of hydrogen-bond donors (Lipinski definition) is 1. The highest BCUT2D eigenvalue weighted by Crippen LogP contribution is 2.25. The number of likely N-dealkylation sites (tertiary alicyclic amines) is 1. The maximum Gasteiger partial charge on any atom is 0.326 e. The lowest BCUT2D eigenvalue weighted by Crippen LogP contribution is -2.45. The Labute approximate surface area is 94.4 Å². The van der Waals surface area contributed by atoms with Gasteiger partial charge >= 0.3 is 5.97 Å². The van der Waals surface area contributed by atoms with Crippen molar-refractivity contribution in [2.75, 3.05) is 6.54 Å². The Morgan fingerprint density at radius 3 is 2.62 bits per heavy atom. The van der Waals surface area contributed by atoms with E-state index in [0.717, 1.165) is 12.8 Å². The van der Waals surface area contributed by atoms with Crippen LogP contribution in [-0.4, -0.2) is 46.7 Å². The molecular formula is C11H17NO4. The van der Waals surface area contributed by atoms with Crippen molar-refractivity contribution in [1.82, 2.24) is 4.90 Å². The number of carbonyl (C=O) groups excluding carboxylic acids is 1. The van der Waals surface area contributed by atoms with Gasteiger partial charge in [-0.25, -0.2) is 4.79 Å². The third-order valence-electron chi connectivity index (χ3n) is 3.33. The van der Waals surface area contributed by atoms with E-state index in [9.17, 15) is 9.59 Å². The quantitative estimate of drug-likeness (QED) is 0.751. The van der Waals surface area contributed by atoms with E-state index >= 15 is 0 Å². The summed E-state index contributed by atoms with van der Waals surface area (Å²) in [7, 11) is 0. The summed E-state index contributed by atoms with van der Waals surface area (Å²) in [6.07, 6.45) is 2.61. The third-order valence-corrected chi connectivity index (χ3v) is 3.33. The molecule has 0 radical (unpaired) electrons. The summed E-state index contributed by atoms with van der Waals surface area (Å²) in [6.45, 7) is 2.48. The summed E-state index contributed by atoms with van der Waals surface area (Å²) in [6, 6.07) is -0.646. The molecular weight excluding hydrogens is 210 g/mol. The molecule has 2 heterocycles. The largest absolute Gasteiger partial charge is 0.480 e. The molecule has 0 aromatic carbocycles. The van der Waals surface area contributed by atoms with Gasteiger partial charge in [-0.05, 0) is 32.6 Å². The Kier molecular flexibility index (Phi) is 3.14. The molecule has 0 spiro atoms. The van der Waals surface area contributed by atoms with Gasteiger partial charge in [0.15, 0.2) is 0 Å². The fourth-order valence-electron chi connectivity index (χ4n) is 2.46. The Hall–Kier alpha value is -1.10. The zero-order chi connectivity index (χ0) is 11.7. The van der Waals surface area contributed by atoms with E-state index in [1.807, 2.05) is 6.92 Å². The van der Waals surface area contributed by atoms with Crippen molar-refractivity contribution in [3.05, 3.63) is 0 Å². The average molecular weight is 227 g/mol.